The summed E-state index contributed by atoms with van der Waals surface area (Å²) in [5.74, 6) is 0. The van der Waals surface area contributed by atoms with Crippen LogP contribution < -0.4 is 5.32 Å². The van der Waals surface area contributed by atoms with Crippen molar-refractivity contribution in [3.05, 3.63) is 139 Å². The van der Waals surface area contributed by atoms with E-state index in [1.807, 2.05) is 0 Å². The average Bonchev–Trinajstić information content (AvgIpc) is 3.54. The zero-order valence-electron chi connectivity index (χ0n) is 23.4. The first-order valence-corrected chi connectivity index (χ1v) is 15.0. The van der Waals surface area contributed by atoms with Crippen LogP contribution >= 0.6 is 0 Å². The molecule has 6 aromatic carbocycles. The van der Waals surface area contributed by atoms with E-state index in [1.165, 1.54) is 66.0 Å². The molecule has 1 fully saturated rings. The number of hydrogen-bond acceptors (Lipinski definition) is 2. The van der Waals surface area contributed by atoms with Gasteiger partial charge in [-0.1, -0.05) is 78.9 Å². The van der Waals surface area contributed by atoms with Crippen LogP contribution in [0, 0.1) is 0 Å². The molecule has 4 heteroatoms. The van der Waals surface area contributed by atoms with E-state index in [2.05, 4.69) is 148 Å². The first-order chi connectivity index (χ1) is 21.4. The first kappa shape index (κ1) is 23.3. The number of anilines is 1. The van der Waals surface area contributed by atoms with E-state index in [4.69, 9.17) is 4.74 Å². The third-order valence-corrected chi connectivity index (χ3v) is 9.46. The zero-order chi connectivity index (χ0) is 28.1. The molecule has 43 heavy (non-hydrogen) atoms. The minimum atomic E-state index is 0.00293. The number of fused-ring (bicyclic) bond motifs is 13. The molecular formula is C39H27N3O. The molecule has 2 unspecified atom stereocenters. The summed E-state index contributed by atoms with van der Waals surface area (Å²) in [6.45, 7) is 0.706. The lowest BCUT2D eigenvalue weighted by atomic mass is 9.87. The normalized spacial score (nSPS) is 17.3. The second kappa shape index (κ2) is 8.60. The molecule has 1 N–H and O–H groups in total. The van der Waals surface area contributed by atoms with Gasteiger partial charge in [-0.2, -0.15) is 0 Å². The molecule has 0 amide bonds. The zero-order valence-corrected chi connectivity index (χ0v) is 23.4. The fourth-order valence-corrected chi connectivity index (χ4v) is 7.65. The molecule has 0 saturated carbocycles. The maximum Gasteiger partial charge on any atom is 0.106 e. The molecule has 0 bridgehead atoms. The number of nitrogens with one attached hydrogen (secondary N) is 1. The summed E-state index contributed by atoms with van der Waals surface area (Å²) in [7, 11) is 0. The first-order valence-electron chi connectivity index (χ1n) is 15.0. The van der Waals surface area contributed by atoms with E-state index in [0.29, 0.717) is 6.61 Å². The van der Waals surface area contributed by atoms with Gasteiger partial charge in [0.1, 0.15) is 6.10 Å². The second-order valence-corrected chi connectivity index (χ2v) is 11.7. The highest BCUT2D eigenvalue weighted by Gasteiger charge is 2.40. The van der Waals surface area contributed by atoms with Gasteiger partial charge in [0.2, 0.25) is 0 Å². The van der Waals surface area contributed by atoms with Crippen LogP contribution in [-0.4, -0.2) is 21.8 Å². The Hall–Kier alpha value is -5.32. The van der Waals surface area contributed by atoms with Gasteiger partial charge < -0.3 is 19.2 Å². The van der Waals surface area contributed by atoms with E-state index in [9.17, 15) is 0 Å². The van der Waals surface area contributed by atoms with Gasteiger partial charge in [0.15, 0.2) is 0 Å². The van der Waals surface area contributed by atoms with Gasteiger partial charge in [0, 0.05) is 49.7 Å². The number of hydrogen-bond donors (Lipinski definition) is 1. The van der Waals surface area contributed by atoms with Crippen molar-refractivity contribution in [2.45, 2.75) is 12.1 Å². The number of nitrogens with zero attached hydrogens (tertiary/aromatic N) is 2. The van der Waals surface area contributed by atoms with E-state index in [1.54, 1.807) is 0 Å². The van der Waals surface area contributed by atoms with Crippen LogP contribution in [0.4, 0.5) is 5.69 Å². The van der Waals surface area contributed by atoms with Gasteiger partial charge in [-0.15, -0.1) is 0 Å². The smallest absolute Gasteiger partial charge is 0.106 e. The summed E-state index contributed by atoms with van der Waals surface area (Å²) in [6.07, 6.45) is 0.00293. The minimum Gasteiger partial charge on any atom is -0.377 e. The van der Waals surface area contributed by atoms with Crippen LogP contribution in [0.2, 0.25) is 0 Å². The second-order valence-electron chi connectivity index (χ2n) is 11.7. The Labute approximate surface area is 248 Å². The van der Waals surface area contributed by atoms with Crippen molar-refractivity contribution < 1.29 is 4.74 Å². The molecule has 204 valence electrons. The molecule has 0 radical (unpaired) electrons. The van der Waals surface area contributed by atoms with Crippen molar-refractivity contribution in [2.75, 3.05) is 11.9 Å². The highest BCUT2D eigenvalue weighted by molar-refractivity contribution is 6.25. The van der Waals surface area contributed by atoms with Crippen LogP contribution in [0.15, 0.2) is 133 Å². The Bertz CT molecular complexity index is 2380. The van der Waals surface area contributed by atoms with Crippen molar-refractivity contribution in [3.63, 3.8) is 0 Å². The summed E-state index contributed by atoms with van der Waals surface area (Å²) < 4.78 is 11.1. The molecule has 2 aliphatic heterocycles. The Morgan fingerprint density at radius 2 is 1.05 bits per heavy atom. The molecule has 8 aromatic rings. The van der Waals surface area contributed by atoms with Crippen molar-refractivity contribution in [2.24, 2.45) is 0 Å². The molecular weight excluding hydrogens is 526 g/mol. The van der Waals surface area contributed by atoms with Gasteiger partial charge in [-0.25, -0.2) is 0 Å². The maximum absolute atomic E-state index is 6.32. The lowest BCUT2D eigenvalue weighted by Crippen LogP contribution is -2.43. The minimum absolute atomic E-state index is 0.00293. The van der Waals surface area contributed by atoms with E-state index < -0.39 is 0 Å². The maximum atomic E-state index is 6.32. The quantitative estimate of drug-likeness (QED) is 0.231. The summed E-state index contributed by atoms with van der Waals surface area (Å²) in [5, 5.41) is 8.98. The summed E-state index contributed by atoms with van der Waals surface area (Å²) in [4.78, 5) is 0. The third kappa shape index (κ3) is 3.08. The van der Waals surface area contributed by atoms with Gasteiger partial charge in [-0.3, -0.25) is 0 Å². The lowest BCUT2D eigenvalue weighted by Gasteiger charge is -2.37. The molecule has 2 atom stereocenters. The number of para-hydroxylation sites is 4. The molecule has 2 aromatic heterocycles. The van der Waals surface area contributed by atoms with Gasteiger partial charge in [0.25, 0.3) is 0 Å². The van der Waals surface area contributed by atoms with E-state index >= 15 is 0 Å². The molecule has 10 rings (SSSR count). The Balaban J connectivity index is 1.43. The number of benzene rings is 6. The molecule has 0 aliphatic carbocycles. The predicted molar refractivity (Wildman–Crippen MR) is 177 cm³/mol. The highest BCUT2D eigenvalue weighted by Crippen LogP contribution is 2.53. The average molecular weight is 554 g/mol. The molecule has 1 saturated heterocycles. The van der Waals surface area contributed by atoms with Crippen LogP contribution in [0.3, 0.4) is 0 Å². The Morgan fingerprint density at radius 1 is 0.512 bits per heavy atom. The highest BCUT2D eigenvalue weighted by atomic mass is 16.5. The van der Waals surface area contributed by atoms with Gasteiger partial charge in [0.05, 0.1) is 34.7 Å². The summed E-state index contributed by atoms with van der Waals surface area (Å²) in [5.41, 5.74) is 12.1. The van der Waals surface area contributed by atoms with Crippen molar-refractivity contribution in [1.82, 2.24) is 9.13 Å². The van der Waals surface area contributed by atoms with Crippen molar-refractivity contribution in [1.29, 1.82) is 0 Å². The SMILES string of the molecule is c1ccc(-n2c3ccccc3c3c4c(ccc32)NC2COC2c2ccc3c(c2-4)c2ccccc2n3-c2ccccc2)cc1. The fraction of sp³-hybridized carbons (Fsp3) is 0.0769. The van der Waals surface area contributed by atoms with Crippen LogP contribution in [0.5, 0.6) is 0 Å². The largest absolute Gasteiger partial charge is 0.377 e. The summed E-state index contributed by atoms with van der Waals surface area (Å²) in [6, 6.07) is 48.5. The Morgan fingerprint density at radius 3 is 1.63 bits per heavy atom. The topological polar surface area (TPSA) is 31.1 Å². The van der Waals surface area contributed by atoms with Crippen molar-refractivity contribution >= 4 is 49.3 Å². The molecule has 2 aliphatic rings. The predicted octanol–water partition coefficient (Wildman–Crippen LogP) is 9.41. The van der Waals surface area contributed by atoms with Crippen LogP contribution in [0.1, 0.15) is 11.7 Å². The standard InChI is InChI=1S/C39H27N3O/c1-3-11-24(12-4-1)41-31-17-9-7-15-26(31)35-33(41)21-19-28-37(35)38-29(40-30-23-43-39(28)30)20-22-34-36(38)27-16-8-10-18-32(27)42(34)25-13-5-2-6-14-25/h1-22,30,39-40H,23H2. The monoisotopic (exact) mass is 553 g/mol. The van der Waals surface area contributed by atoms with Crippen molar-refractivity contribution in [3.8, 4) is 22.5 Å². The van der Waals surface area contributed by atoms with E-state index in [0.717, 1.165) is 11.4 Å². The lowest BCUT2D eigenvalue weighted by molar-refractivity contribution is -0.0659. The van der Waals surface area contributed by atoms with E-state index in [-0.39, 0.29) is 12.1 Å². The number of aromatic nitrogens is 2. The third-order valence-electron chi connectivity index (χ3n) is 9.46. The van der Waals surface area contributed by atoms with Gasteiger partial charge >= 0.3 is 0 Å². The molecule has 4 heterocycles. The number of ether oxygens (including phenoxy) is 1. The number of rotatable bonds is 2. The fourth-order valence-electron chi connectivity index (χ4n) is 7.65. The Kier molecular flexibility index (Phi) is 4.65. The summed E-state index contributed by atoms with van der Waals surface area (Å²) >= 11 is 0. The van der Waals surface area contributed by atoms with Crippen LogP contribution in [0.25, 0.3) is 66.1 Å². The molecule has 4 nitrogen and oxygen atoms in total. The van der Waals surface area contributed by atoms with Crippen LogP contribution in [-0.2, 0) is 4.74 Å². The van der Waals surface area contributed by atoms with Gasteiger partial charge in [-0.05, 0) is 60.2 Å². The molecule has 0 spiro atoms.